The van der Waals surface area contributed by atoms with Crippen LogP contribution in [-0.4, -0.2) is 6.61 Å². The molecular weight excluding hydrogens is 223 g/mol. The van der Waals surface area contributed by atoms with Crippen LogP contribution in [0.4, 0.5) is 4.39 Å². The topological polar surface area (TPSA) is 9.23 Å². The Morgan fingerprint density at radius 1 is 1.50 bits per heavy atom. The second kappa shape index (κ2) is 4.45. The summed E-state index contributed by atoms with van der Waals surface area (Å²) in [6.45, 7) is 2.53. The lowest BCUT2D eigenvalue weighted by atomic mass is 10.3. The Hall–Kier alpha value is -0.570. The van der Waals surface area contributed by atoms with Gasteiger partial charge >= 0.3 is 0 Å². The quantitative estimate of drug-likeness (QED) is 0.777. The van der Waals surface area contributed by atoms with E-state index in [-0.39, 0.29) is 5.82 Å². The molecule has 0 heterocycles. The van der Waals surface area contributed by atoms with Gasteiger partial charge in [0.05, 0.1) is 6.61 Å². The molecule has 0 bridgehead atoms. The summed E-state index contributed by atoms with van der Waals surface area (Å²) in [5, 5.41) is 0. The molecule has 1 rings (SSSR count). The fourth-order valence-electron chi connectivity index (χ4n) is 0.800. The first-order valence-electron chi connectivity index (χ1n) is 3.82. The van der Waals surface area contributed by atoms with Crippen molar-refractivity contribution in [3.05, 3.63) is 28.5 Å². The molecule has 1 aromatic rings. The van der Waals surface area contributed by atoms with Crippen molar-refractivity contribution in [1.29, 1.82) is 0 Å². The van der Waals surface area contributed by atoms with Gasteiger partial charge in [-0.3, -0.25) is 0 Å². The zero-order valence-corrected chi connectivity index (χ0v) is 8.40. The van der Waals surface area contributed by atoms with Gasteiger partial charge in [0.2, 0.25) is 0 Å². The molecular formula is C9H10BrFO. The van der Waals surface area contributed by atoms with Gasteiger partial charge < -0.3 is 4.74 Å². The molecule has 3 heteroatoms. The van der Waals surface area contributed by atoms with E-state index >= 15 is 0 Å². The van der Waals surface area contributed by atoms with Gasteiger partial charge in [0.1, 0.15) is 0 Å². The van der Waals surface area contributed by atoms with Gasteiger partial charge in [0.15, 0.2) is 11.6 Å². The molecule has 1 nitrogen and oxygen atoms in total. The minimum Gasteiger partial charge on any atom is -0.490 e. The Balaban J connectivity index is 2.75. The van der Waals surface area contributed by atoms with Crippen LogP contribution < -0.4 is 4.74 Å². The van der Waals surface area contributed by atoms with E-state index in [1.54, 1.807) is 12.1 Å². The van der Waals surface area contributed by atoms with Crippen molar-refractivity contribution in [1.82, 2.24) is 0 Å². The van der Waals surface area contributed by atoms with Crippen molar-refractivity contribution in [3.63, 3.8) is 0 Å². The van der Waals surface area contributed by atoms with E-state index in [0.29, 0.717) is 12.4 Å². The van der Waals surface area contributed by atoms with Crippen molar-refractivity contribution < 1.29 is 9.13 Å². The molecule has 0 saturated carbocycles. The third kappa shape index (κ3) is 2.48. The lowest BCUT2D eigenvalue weighted by Crippen LogP contribution is -1.96. The van der Waals surface area contributed by atoms with E-state index in [1.807, 2.05) is 6.92 Å². The number of hydrogen-bond donors (Lipinski definition) is 0. The van der Waals surface area contributed by atoms with E-state index in [9.17, 15) is 4.39 Å². The average molecular weight is 233 g/mol. The SMILES string of the molecule is CCCOc1cc(Br)ccc1F. The normalized spacial score (nSPS) is 9.92. The minimum absolute atomic E-state index is 0.311. The summed E-state index contributed by atoms with van der Waals surface area (Å²) in [6, 6.07) is 4.66. The van der Waals surface area contributed by atoms with Crippen LogP contribution in [0.15, 0.2) is 22.7 Å². The molecule has 66 valence electrons. The van der Waals surface area contributed by atoms with Crippen LogP contribution in [0.1, 0.15) is 13.3 Å². The molecule has 0 saturated heterocycles. The number of ether oxygens (including phenoxy) is 1. The van der Waals surface area contributed by atoms with Gasteiger partial charge in [-0.1, -0.05) is 22.9 Å². The molecule has 0 aliphatic carbocycles. The predicted molar refractivity (Wildman–Crippen MR) is 49.9 cm³/mol. The maximum atomic E-state index is 12.9. The van der Waals surface area contributed by atoms with Crippen LogP contribution in [0.2, 0.25) is 0 Å². The minimum atomic E-state index is -0.313. The number of hydrogen-bond acceptors (Lipinski definition) is 1. The maximum absolute atomic E-state index is 12.9. The highest BCUT2D eigenvalue weighted by Gasteiger charge is 2.02. The summed E-state index contributed by atoms with van der Waals surface area (Å²) in [6.07, 6.45) is 0.881. The molecule has 0 unspecified atom stereocenters. The Kier molecular flexibility index (Phi) is 3.53. The molecule has 12 heavy (non-hydrogen) atoms. The van der Waals surface area contributed by atoms with Crippen LogP contribution in [0.3, 0.4) is 0 Å². The fourth-order valence-corrected chi connectivity index (χ4v) is 1.14. The van der Waals surface area contributed by atoms with Gasteiger partial charge in [-0.05, 0) is 24.6 Å². The van der Waals surface area contributed by atoms with E-state index < -0.39 is 0 Å². The van der Waals surface area contributed by atoms with Crippen molar-refractivity contribution >= 4 is 15.9 Å². The monoisotopic (exact) mass is 232 g/mol. The first-order chi connectivity index (χ1) is 5.74. The van der Waals surface area contributed by atoms with Crippen molar-refractivity contribution in [2.75, 3.05) is 6.61 Å². The van der Waals surface area contributed by atoms with E-state index in [1.165, 1.54) is 6.07 Å². The second-order valence-corrected chi connectivity index (χ2v) is 3.34. The summed E-state index contributed by atoms with van der Waals surface area (Å²) >= 11 is 3.24. The summed E-state index contributed by atoms with van der Waals surface area (Å²) in [7, 11) is 0. The largest absolute Gasteiger partial charge is 0.490 e. The Morgan fingerprint density at radius 2 is 2.25 bits per heavy atom. The van der Waals surface area contributed by atoms with Gasteiger partial charge in [-0.25, -0.2) is 4.39 Å². The third-order valence-electron chi connectivity index (χ3n) is 1.35. The molecule has 0 atom stereocenters. The summed E-state index contributed by atoms with van der Waals surface area (Å²) in [5.41, 5.74) is 0. The molecule has 0 fully saturated rings. The Morgan fingerprint density at radius 3 is 2.92 bits per heavy atom. The first kappa shape index (κ1) is 9.52. The lowest BCUT2D eigenvalue weighted by Gasteiger charge is -2.05. The van der Waals surface area contributed by atoms with E-state index in [0.717, 1.165) is 10.9 Å². The Labute approximate surface area is 79.7 Å². The summed E-state index contributed by atoms with van der Waals surface area (Å²) in [5.74, 6) is -0.00197. The Bertz CT molecular complexity index is 263. The van der Waals surface area contributed by atoms with Gasteiger partial charge in [-0.2, -0.15) is 0 Å². The number of benzene rings is 1. The molecule has 0 aliphatic heterocycles. The van der Waals surface area contributed by atoms with Gasteiger partial charge in [-0.15, -0.1) is 0 Å². The standard InChI is InChI=1S/C9H10BrFO/c1-2-5-12-9-6-7(10)3-4-8(9)11/h3-4,6H,2,5H2,1H3. The molecule has 1 aromatic carbocycles. The van der Waals surface area contributed by atoms with E-state index in [4.69, 9.17) is 4.74 Å². The molecule has 0 spiro atoms. The molecule has 0 amide bonds. The van der Waals surface area contributed by atoms with Crippen molar-refractivity contribution in [3.8, 4) is 5.75 Å². The zero-order valence-electron chi connectivity index (χ0n) is 6.81. The molecule has 0 aliphatic rings. The highest BCUT2D eigenvalue weighted by atomic mass is 79.9. The predicted octanol–water partition coefficient (Wildman–Crippen LogP) is 3.38. The first-order valence-corrected chi connectivity index (χ1v) is 4.61. The average Bonchev–Trinajstić information content (AvgIpc) is 2.07. The lowest BCUT2D eigenvalue weighted by molar-refractivity contribution is 0.301. The van der Waals surface area contributed by atoms with E-state index in [2.05, 4.69) is 15.9 Å². The van der Waals surface area contributed by atoms with Crippen LogP contribution in [0, 0.1) is 5.82 Å². The second-order valence-electron chi connectivity index (χ2n) is 2.42. The maximum Gasteiger partial charge on any atom is 0.165 e. The van der Waals surface area contributed by atoms with Crippen molar-refractivity contribution in [2.45, 2.75) is 13.3 Å². The van der Waals surface area contributed by atoms with Crippen molar-refractivity contribution in [2.24, 2.45) is 0 Å². The summed E-state index contributed by atoms with van der Waals surface area (Å²) in [4.78, 5) is 0. The number of halogens is 2. The van der Waals surface area contributed by atoms with Crippen LogP contribution in [0.5, 0.6) is 5.75 Å². The van der Waals surface area contributed by atoms with Crippen LogP contribution in [-0.2, 0) is 0 Å². The molecule has 0 N–H and O–H groups in total. The molecule has 0 radical (unpaired) electrons. The highest BCUT2D eigenvalue weighted by Crippen LogP contribution is 2.22. The van der Waals surface area contributed by atoms with Crippen LogP contribution in [0.25, 0.3) is 0 Å². The fraction of sp³-hybridized carbons (Fsp3) is 0.333. The highest BCUT2D eigenvalue weighted by molar-refractivity contribution is 9.10. The van der Waals surface area contributed by atoms with Crippen LogP contribution >= 0.6 is 15.9 Å². The van der Waals surface area contributed by atoms with Gasteiger partial charge in [0, 0.05) is 4.47 Å². The molecule has 0 aromatic heterocycles. The third-order valence-corrected chi connectivity index (χ3v) is 1.85. The summed E-state index contributed by atoms with van der Waals surface area (Å²) < 4.78 is 18.9. The van der Waals surface area contributed by atoms with Gasteiger partial charge in [0.25, 0.3) is 0 Å². The zero-order chi connectivity index (χ0) is 8.97. The number of rotatable bonds is 3. The smallest absolute Gasteiger partial charge is 0.165 e.